The van der Waals surface area contributed by atoms with Gasteiger partial charge in [0, 0.05) is 5.69 Å². The maximum atomic E-state index is 12.8. The van der Waals surface area contributed by atoms with Crippen LogP contribution in [-0.2, 0) is 0 Å². The van der Waals surface area contributed by atoms with Crippen molar-refractivity contribution in [3.8, 4) is 5.88 Å². The van der Waals surface area contributed by atoms with Gasteiger partial charge in [0.25, 0.3) is 0 Å². The van der Waals surface area contributed by atoms with Crippen LogP contribution in [0.1, 0.15) is 6.92 Å². The van der Waals surface area contributed by atoms with E-state index in [-0.39, 0.29) is 5.82 Å². The summed E-state index contributed by atoms with van der Waals surface area (Å²) in [7, 11) is 0. The van der Waals surface area contributed by atoms with Crippen molar-refractivity contribution in [3.05, 3.63) is 36.4 Å². The van der Waals surface area contributed by atoms with E-state index in [4.69, 9.17) is 10.5 Å². The van der Waals surface area contributed by atoms with Crippen molar-refractivity contribution in [2.24, 2.45) is 0 Å². The number of nitrogens with one attached hydrogen (secondary N) is 1. The maximum Gasteiger partial charge on any atom is 0.242 e. The summed E-state index contributed by atoms with van der Waals surface area (Å²) in [6.07, 6.45) is 1.35. The first-order valence-electron chi connectivity index (χ1n) is 5.46. The second-order valence-electron chi connectivity index (χ2n) is 3.51. The number of benzene rings is 1. The number of ether oxygens (including phenoxy) is 1. The van der Waals surface area contributed by atoms with Gasteiger partial charge in [-0.1, -0.05) is 0 Å². The third-order valence-corrected chi connectivity index (χ3v) is 2.24. The molecule has 0 unspecified atom stereocenters. The van der Waals surface area contributed by atoms with Crippen LogP contribution in [0, 0.1) is 5.82 Å². The zero-order chi connectivity index (χ0) is 13.0. The normalized spacial score (nSPS) is 10.1. The van der Waals surface area contributed by atoms with Gasteiger partial charge in [0.15, 0.2) is 5.82 Å². The van der Waals surface area contributed by atoms with E-state index < -0.39 is 0 Å². The molecule has 1 aromatic heterocycles. The van der Waals surface area contributed by atoms with Gasteiger partial charge in [-0.25, -0.2) is 9.37 Å². The van der Waals surface area contributed by atoms with E-state index in [1.54, 1.807) is 12.1 Å². The Kier molecular flexibility index (Phi) is 3.57. The molecule has 0 aliphatic heterocycles. The number of aromatic nitrogens is 2. The molecule has 0 aliphatic rings. The van der Waals surface area contributed by atoms with Gasteiger partial charge in [0.1, 0.15) is 17.8 Å². The van der Waals surface area contributed by atoms with Gasteiger partial charge < -0.3 is 15.8 Å². The molecule has 3 N–H and O–H groups in total. The van der Waals surface area contributed by atoms with Crippen molar-refractivity contribution < 1.29 is 9.13 Å². The number of nitrogens with zero attached hydrogens (tertiary/aromatic N) is 2. The minimum Gasteiger partial charge on any atom is -0.476 e. The Balaban J connectivity index is 2.23. The molecule has 0 radical (unpaired) electrons. The lowest BCUT2D eigenvalue weighted by atomic mass is 10.3. The lowest BCUT2D eigenvalue weighted by molar-refractivity contribution is 0.328. The molecule has 0 spiro atoms. The average molecular weight is 248 g/mol. The van der Waals surface area contributed by atoms with Crippen molar-refractivity contribution in [1.29, 1.82) is 0 Å². The summed E-state index contributed by atoms with van der Waals surface area (Å²) >= 11 is 0. The standard InChI is InChI=1S/C12H13FN4O/c1-2-18-12-10(14)11(15-7-16-12)17-9-5-3-8(13)4-6-9/h3-7H,2,14H2,1H3,(H,15,16,17). The van der Waals surface area contributed by atoms with Crippen LogP contribution in [0.5, 0.6) is 5.88 Å². The van der Waals surface area contributed by atoms with Gasteiger partial charge in [-0.05, 0) is 31.2 Å². The highest BCUT2D eigenvalue weighted by Gasteiger charge is 2.08. The zero-order valence-electron chi connectivity index (χ0n) is 9.85. The molecule has 2 rings (SSSR count). The minimum atomic E-state index is -0.300. The Morgan fingerprint density at radius 1 is 1.28 bits per heavy atom. The van der Waals surface area contributed by atoms with Crippen LogP contribution in [0.15, 0.2) is 30.6 Å². The largest absolute Gasteiger partial charge is 0.476 e. The van der Waals surface area contributed by atoms with Crippen LogP contribution in [0.4, 0.5) is 21.6 Å². The van der Waals surface area contributed by atoms with Crippen LogP contribution in [0.2, 0.25) is 0 Å². The number of nitrogens with two attached hydrogens (primary N) is 1. The van der Waals surface area contributed by atoms with E-state index in [0.29, 0.717) is 29.7 Å². The number of nitrogen functional groups attached to an aromatic ring is 1. The highest BCUT2D eigenvalue weighted by molar-refractivity contribution is 5.71. The summed E-state index contributed by atoms with van der Waals surface area (Å²) in [5.41, 5.74) is 6.87. The summed E-state index contributed by atoms with van der Waals surface area (Å²) in [5, 5.41) is 2.98. The monoisotopic (exact) mass is 248 g/mol. The zero-order valence-corrected chi connectivity index (χ0v) is 9.85. The third kappa shape index (κ3) is 2.65. The molecular weight excluding hydrogens is 235 g/mol. The van der Waals surface area contributed by atoms with Gasteiger partial charge in [0.05, 0.1) is 6.61 Å². The van der Waals surface area contributed by atoms with Crippen molar-refractivity contribution >= 4 is 17.2 Å². The molecule has 6 heteroatoms. The molecule has 0 saturated heterocycles. The van der Waals surface area contributed by atoms with Crippen LogP contribution < -0.4 is 15.8 Å². The molecule has 0 saturated carbocycles. The summed E-state index contributed by atoms with van der Waals surface area (Å²) in [4.78, 5) is 7.94. The smallest absolute Gasteiger partial charge is 0.242 e. The molecule has 0 amide bonds. The number of hydrogen-bond donors (Lipinski definition) is 2. The summed E-state index contributed by atoms with van der Waals surface area (Å²) in [5.74, 6) is 0.461. The van der Waals surface area contributed by atoms with Crippen LogP contribution in [0.25, 0.3) is 0 Å². The maximum absolute atomic E-state index is 12.8. The highest BCUT2D eigenvalue weighted by Crippen LogP contribution is 2.27. The highest BCUT2D eigenvalue weighted by atomic mass is 19.1. The molecule has 5 nitrogen and oxygen atoms in total. The molecule has 2 aromatic rings. The van der Waals surface area contributed by atoms with E-state index in [1.807, 2.05) is 6.92 Å². The molecule has 0 aliphatic carbocycles. The molecule has 18 heavy (non-hydrogen) atoms. The first-order chi connectivity index (χ1) is 8.70. The molecule has 94 valence electrons. The fourth-order valence-corrected chi connectivity index (χ4v) is 1.40. The fourth-order valence-electron chi connectivity index (χ4n) is 1.40. The molecule has 1 heterocycles. The first-order valence-corrected chi connectivity index (χ1v) is 5.46. The van der Waals surface area contributed by atoms with E-state index in [1.165, 1.54) is 18.5 Å². The number of hydrogen-bond acceptors (Lipinski definition) is 5. The van der Waals surface area contributed by atoms with E-state index >= 15 is 0 Å². The molecule has 0 fully saturated rings. The van der Waals surface area contributed by atoms with E-state index in [2.05, 4.69) is 15.3 Å². The second kappa shape index (κ2) is 5.31. The number of halogens is 1. The van der Waals surface area contributed by atoms with Gasteiger partial charge in [-0.3, -0.25) is 0 Å². The van der Waals surface area contributed by atoms with Crippen molar-refractivity contribution in [3.63, 3.8) is 0 Å². The lowest BCUT2D eigenvalue weighted by Crippen LogP contribution is -2.04. The summed E-state index contributed by atoms with van der Waals surface area (Å²) < 4.78 is 18.0. The van der Waals surface area contributed by atoms with E-state index in [0.717, 1.165) is 0 Å². The Hall–Kier alpha value is -2.37. The van der Waals surface area contributed by atoms with Crippen molar-refractivity contribution in [2.75, 3.05) is 17.7 Å². The summed E-state index contributed by atoms with van der Waals surface area (Å²) in [6.45, 7) is 2.31. The van der Waals surface area contributed by atoms with Crippen LogP contribution in [-0.4, -0.2) is 16.6 Å². The van der Waals surface area contributed by atoms with Gasteiger partial charge in [-0.2, -0.15) is 4.98 Å². The molecular formula is C12H13FN4O. The minimum absolute atomic E-state index is 0.300. The van der Waals surface area contributed by atoms with Gasteiger partial charge in [0.2, 0.25) is 5.88 Å². The first kappa shape index (κ1) is 12.1. The van der Waals surface area contributed by atoms with Gasteiger partial charge in [-0.15, -0.1) is 0 Å². The van der Waals surface area contributed by atoms with Crippen LogP contribution in [0.3, 0.4) is 0 Å². The SMILES string of the molecule is CCOc1ncnc(Nc2ccc(F)cc2)c1N. The lowest BCUT2D eigenvalue weighted by Gasteiger charge is -2.10. The molecule has 0 atom stereocenters. The number of rotatable bonds is 4. The van der Waals surface area contributed by atoms with Crippen LogP contribution >= 0.6 is 0 Å². The fraction of sp³-hybridized carbons (Fsp3) is 0.167. The predicted molar refractivity (Wildman–Crippen MR) is 67.3 cm³/mol. The average Bonchev–Trinajstić information content (AvgIpc) is 2.37. The quantitative estimate of drug-likeness (QED) is 0.868. The third-order valence-electron chi connectivity index (χ3n) is 2.24. The molecule has 0 bridgehead atoms. The Morgan fingerprint density at radius 3 is 2.67 bits per heavy atom. The topological polar surface area (TPSA) is 73.1 Å². The number of anilines is 3. The Labute approximate surface area is 104 Å². The Morgan fingerprint density at radius 2 is 2.00 bits per heavy atom. The van der Waals surface area contributed by atoms with Crippen molar-refractivity contribution in [2.45, 2.75) is 6.92 Å². The van der Waals surface area contributed by atoms with Crippen molar-refractivity contribution in [1.82, 2.24) is 9.97 Å². The van der Waals surface area contributed by atoms with E-state index in [9.17, 15) is 4.39 Å². The second-order valence-corrected chi connectivity index (χ2v) is 3.51. The Bertz CT molecular complexity index is 530. The summed E-state index contributed by atoms with van der Waals surface area (Å²) in [6, 6.07) is 5.89. The predicted octanol–water partition coefficient (Wildman–Crippen LogP) is 2.34. The van der Waals surface area contributed by atoms with Gasteiger partial charge >= 0.3 is 0 Å². The molecule has 1 aromatic carbocycles.